The average Bonchev–Trinajstić information content (AvgIpc) is 3.16. The predicted octanol–water partition coefficient (Wildman–Crippen LogP) is 2.47. The number of rotatable bonds is 3. The van der Waals surface area contributed by atoms with Gasteiger partial charge in [0.05, 0.1) is 6.20 Å². The molecule has 0 amide bonds. The molecular weight excluding hydrogens is 286 g/mol. The maximum Gasteiger partial charge on any atom is 0.135 e. The van der Waals surface area contributed by atoms with E-state index in [9.17, 15) is 0 Å². The topological polar surface area (TPSA) is 46.8 Å². The second-order valence-electron chi connectivity index (χ2n) is 7.05. The Hall–Kier alpha value is -1.91. The van der Waals surface area contributed by atoms with E-state index in [1.165, 1.54) is 41.9 Å². The van der Waals surface area contributed by atoms with Gasteiger partial charge in [0.25, 0.3) is 0 Å². The third-order valence-electron chi connectivity index (χ3n) is 5.14. The Labute approximate surface area is 137 Å². The highest BCUT2D eigenvalue weighted by molar-refractivity contribution is 5.51. The minimum atomic E-state index is 0.703. The van der Waals surface area contributed by atoms with Crippen LogP contribution in [0, 0.1) is 12.8 Å². The molecule has 1 unspecified atom stereocenters. The van der Waals surface area contributed by atoms with E-state index >= 15 is 0 Å². The van der Waals surface area contributed by atoms with Gasteiger partial charge in [-0.2, -0.15) is 5.10 Å². The molecule has 1 aliphatic carbocycles. The van der Waals surface area contributed by atoms with Crippen LogP contribution >= 0.6 is 0 Å². The molecule has 2 aromatic heterocycles. The van der Waals surface area contributed by atoms with Gasteiger partial charge in [0.2, 0.25) is 0 Å². The lowest BCUT2D eigenvalue weighted by molar-refractivity contribution is 0.584. The number of aromatic nitrogens is 4. The predicted molar refractivity (Wildman–Crippen MR) is 90.6 cm³/mol. The Morgan fingerprint density at radius 1 is 1.22 bits per heavy atom. The van der Waals surface area contributed by atoms with Crippen LogP contribution < -0.4 is 4.90 Å². The highest BCUT2D eigenvalue weighted by atomic mass is 15.2. The van der Waals surface area contributed by atoms with Crippen molar-refractivity contribution >= 4 is 5.82 Å². The van der Waals surface area contributed by atoms with Crippen molar-refractivity contribution in [3.8, 4) is 0 Å². The van der Waals surface area contributed by atoms with Gasteiger partial charge in [0, 0.05) is 37.6 Å². The molecule has 1 saturated heterocycles. The van der Waals surface area contributed by atoms with E-state index in [0.29, 0.717) is 5.92 Å². The van der Waals surface area contributed by atoms with Crippen molar-refractivity contribution in [2.45, 2.75) is 45.4 Å². The SMILES string of the molecule is Cc1nc2c(c(N3CCC(Cc4cnn(C)c4)C3)n1)CCCC2. The molecule has 4 rings (SSSR count). The van der Waals surface area contributed by atoms with Crippen LogP contribution in [0.1, 0.15) is 41.9 Å². The second kappa shape index (κ2) is 5.95. The van der Waals surface area contributed by atoms with E-state index in [1.54, 1.807) is 0 Å². The lowest BCUT2D eigenvalue weighted by atomic mass is 9.96. The van der Waals surface area contributed by atoms with Gasteiger partial charge >= 0.3 is 0 Å². The maximum absolute atomic E-state index is 4.81. The molecule has 1 aliphatic heterocycles. The summed E-state index contributed by atoms with van der Waals surface area (Å²) in [6, 6.07) is 0. The molecule has 0 aromatic carbocycles. The normalized spacial score (nSPS) is 20.8. The molecule has 3 heterocycles. The lowest BCUT2D eigenvalue weighted by Gasteiger charge is -2.25. The Bertz CT molecular complexity index is 705. The van der Waals surface area contributed by atoms with Gasteiger partial charge in [-0.05, 0) is 56.9 Å². The van der Waals surface area contributed by atoms with Gasteiger partial charge in [-0.3, -0.25) is 4.68 Å². The number of fused-ring (bicyclic) bond motifs is 1. The lowest BCUT2D eigenvalue weighted by Crippen LogP contribution is -2.25. The largest absolute Gasteiger partial charge is 0.356 e. The summed E-state index contributed by atoms with van der Waals surface area (Å²) < 4.78 is 1.90. The van der Waals surface area contributed by atoms with E-state index in [2.05, 4.69) is 21.2 Å². The van der Waals surface area contributed by atoms with Crippen molar-refractivity contribution in [3.05, 3.63) is 35.0 Å². The molecule has 5 nitrogen and oxygen atoms in total. The van der Waals surface area contributed by atoms with E-state index in [4.69, 9.17) is 4.98 Å². The first-order chi connectivity index (χ1) is 11.2. The van der Waals surface area contributed by atoms with Crippen LogP contribution in [0.5, 0.6) is 0 Å². The number of hydrogen-bond donors (Lipinski definition) is 0. The van der Waals surface area contributed by atoms with Crippen LogP contribution in [-0.4, -0.2) is 32.8 Å². The van der Waals surface area contributed by atoms with Crippen molar-refractivity contribution in [1.82, 2.24) is 19.7 Å². The minimum Gasteiger partial charge on any atom is -0.356 e. The standard InChI is InChI=1S/C18H25N5/c1-13-20-17-6-4-3-5-16(17)18(21-13)23-8-7-14(12-23)9-15-10-19-22(2)11-15/h10-11,14H,3-9,12H2,1-2H3. The fourth-order valence-electron chi connectivity index (χ4n) is 4.06. The summed E-state index contributed by atoms with van der Waals surface area (Å²) in [6.07, 6.45) is 11.3. The fraction of sp³-hybridized carbons (Fsp3) is 0.611. The smallest absolute Gasteiger partial charge is 0.135 e. The van der Waals surface area contributed by atoms with Crippen LogP contribution in [0.2, 0.25) is 0 Å². The number of nitrogens with zero attached hydrogens (tertiary/aromatic N) is 5. The van der Waals surface area contributed by atoms with Gasteiger partial charge in [-0.15, -0.1) is 0 Å². The highest BCUT2D eigenvalue weighted by Gasteiger charge is 2.28. The molecule has 23 heavy (non-hydrogen) atoms. The maximum atomic E-state index is 4.81. The van der Waals surface area contributed by atoms with Crippen molar-refractivity contribution in [3.63, 3.8) is 0 Å². The fourth-order valence-corrected chi connectivity index (χ4v) is 4.06. The number of anilines is 1. The first-order valence-electron chi connectivity index (χ1n) is 8.78. The molecule has 0 radical (unpaired) electrons. The van der Waals surface area contributed by atoms with Gasteiger partial charge in [0.15, 0.2) is 0 Å². The zero-order chi connectivity index (χ0) is 15.8. The Balaban J connectivity index is 1.52. The zero-order valence-electron chi connectivity index (χ0n) is 14.1. The van der Waals surface area contributed by atoms with Gasteiger partial charge in [-0.1, -0.05) is 0 Å². The zero-order valence-corrected chi connectivity index (χ0v) is 14.1. The van der Waals surface area contributed by atoms with Gasteiger partial charge in [0.1, 0.15) is 11.6 Å². The van der Waals surface area contributed by atoms with Crippen molar-refractivity contribution in [2.24, 2.45) is 13.0 Å². The van der Waals surface area contributed by atoms with Crippen LogP contribution in [0.4, 0.5) is 5.82 Å². The molecule has 0 bridgehead atoms. The monoisotopic (exact) mass is 311 g/mol. The minimum absolute atomic E-state index is 0.703. The summed E-state index contributed by atoms with van der Waals surface area (Å²) in [7, 11) is 1.99. The van der Waals surface area contributed by atoms with E-state index < -0.39 is 0 Å². The highest BCUT2D eigenvalue weighted by Crippen LogP contribution is 2.32. The number of hydrogen-bond acceptors (Lipinski definition) is 4. The Kier molecular flexibility index (Phi) is 3.79. The first kappa shape index (κ1) is 14.7. The summed E-state index contributed by atoms with van der Waals surface area (Å²) in [6.45, 7) is 4.26. The Morgan fingerprint density at radius 2 is 2.09 bits per heavy atom. The number of aryl methyl sites for hydroxylation is 3. The molecule has 5 heteroatoms. The molecule has 1 fully saturated rings. The van der Waals surface area contributed by atoms with E-state index in [1.807, 2.05) is 24.9 Å². The average molecular weight is 311 g/mol. The molecule has 1 atom stereocenters. The van der Waals surface area contributed by atoms with Crippen molar-refractivity contribution in [1.29, 1.82) is 0 Å². The molecule has 122 valence electrons. The molecule has 0 spiro atoms. The van der Waals surface area contributed by atoms with Crippen LogP contribution in [0.15, 0.2) is 12.4 Å². The summed E-state index contributed by atoms with van der Waals surface area (Å²) in [5, 5.41) is 4.29. The van der Waals surface area contributed by atoms with E-state index in [-0.39, 0.29) is 0 Å². The van der Waals surface area contributed by atoms with Crippen LogP contribution in [-0.2, 0) is 26.3 Å². The van der Waals surface area contributed by atoms with Crippen LogP contribution in [0.25, 0.3) is 0 Å². The summed E-state index contributed by atoms with van der Waals surface area (Å²) in [5.74, 6) is 2.85. The molecule has 0 N–H and O–H groups in total. The Morgan fingerprint density at radius 3 is 2.91 bits per heavy atom. The first-order valence-corrected chi connectivity index (χ1v) is 8.78. The molecule has 2 aliphatic rings. The second-order valence-corrected chi connectivity index (χ2v) is 7.05. The third-order valence-corrected chi connectivity index (χ3v) is 5.14. The summed E-state index contributed by atoms with van der Waals surface area (Å²) in [4.78, 5) is 12.0. The van der Waals surface area contributed by atoms with Crippen molar-refractivity contribution in [2.75, 3.05) is 18.0 Å². The molecular formula is C18H25N5. The summed E-state index contributed by atoms with van der Waals surface area (Å²) in [5.41, 5.74) is 4.07. The summed E-state index contributed by atoms with van der Waals surface area (Å²) >= 11 is 0. The molecule has 2 aromatic rings. The van der Waals surface area contributed by atoms with Gasteiger partial charge in [-0.25, -0.2) is 9.97 Å². The van der Waals surface area contributed by atoms with Crippen molar-refractivity contribution < 1.29 is 0 Å². The quantitative estimate of drug-likeness (QED) is 0.873. The van der Waals surface area contributed by atoms with E-state index in [0.717, 1.165) is 38.2 Å². The molecule has 0 saturated carbocycles. The van der Waals surface area contributed by atoms with Crippen LogP contribution in [0.3, 0.4) is 0 Å². The van der Waals surface area contributed by atoms with Gasteiger partial charge < -0.3 is 4.90 Å². The third kappa shape index (κ3) is 2.96.